The van der Waals surface area contributed by atoms with E-state index in [-0.39, 0.29) is 12.3 Å². The van der Waals surface area contributed by atoms with E-state index in [0.717, 1.165) is 0 Å². The summed E-state index contributed by atoms with van der Waals surface area (Å²) < 4.78 is 4.88. The summed E-state index contributed by atoms with van der Waals surface area (Å²) in [5, 5.41) is 8.93. The maximum atomic E-state index is 11.4. The Kier molecular flexibility index (Phi) is 5.44. The fourth-order valence-electron chi connectivity index (χ4n) is 1.38. The van der Waals surface area contributed by atoms with E-state index in [9.17, 15) is 9.59 Å². The first-order valence-corrected chi connectivity index (χ1v) is 5.35. The van der Waals surface area contributed by atoms with Crippen molar-refractivity contribution < 1.29 is 19.4 Å². The molecule has 0 saturated heterocycles. The van der Waals surface area contributed by atoms with Crippen LogP contribution in [0.1, 0.15) is 40.5 Å². The summed E-state index contributed by atoms with van der Waals surface area (Å²) in [5.74, 6) is -2.02. The van der Waals surface area contributed by atoms with Gasteiger partial charge < -0.3 is 9.84 Å². The van der Waals surface area contributed by atoms with Gasteiger partial charge in [-0.2, -0.15) is 0 Å². The molecule has 5 nitrogen and oxygen atoms in total. The molecule has 16 heavy (non-hydrogen) atoms. The van der Waals surface area contributed by atoms with Crippen LogP contribution in [0.25, 0.3) is 0 Å². The number of carbonyl (C=O) groups is 2. The van der Waals surface area contributed by atoms with Crippen molar-refractivity contribution in [1.82, 2.24) is 0 Å². The van der Waals surface area contributed by atoms with Crippen LogP contribution in [-0.2, 0) is 14.3 Å². The Morgan fingerprint density at radius 1 is 1.38 bits per heavy atom. The van der Waals surface area contributed by atoms with Crippen molar-refractivity contribution in [3.05, 3.63) is 0 Å². The average Bonchev–Trinajstić information content (AvgIpc) is 1.97. The standard InChI is InChI=1S/C11H21NO4/c1-7(2)5-8(10(14)15)6-9(13)16-11(3,4)12/h7-8H,5-6,12H2,1-4H3,(H,14,15). The van der Waals surface area contributed by atoms with Crippen molar-refractivity contribution in [2.75, 3.05) is 0 Å². The molecule has 94 valence electrons. The van der Waals surface area contributed by atoms with Crippen molar-refractivity contribution >= 4 is 11.9 Å². The van der Waals surface area contributed by atoms with Gasteiger partial charge in [-0.25, -0.2) is 0 Å². The minimum Gasteiger partial charge on any atom is -0.481 e. The third-order valence-corrected chi connectivity index (χ3v) is 1.90. The highest BCUT2D eigenvalue weighted by Crippen LogP contribution is 2.17. The molecule has 0 aliphatic heterocycles. The first-order valence-electron chi connectivity index (χ1n) is 5.35. The molecule has 1 unspecified atom stereocenters. The zero-order valence-electron chi connectivity index (χ0n) is 10.3. The maximum Gasteiger partial charge on any atom is 0.308 e. The quantitative estimate of drug-likeness (QED) is 0.532. The molecule has 0 spiro atoms. The summed E-state index contributed by atoms with van der Waals surface area (Å²) in [4.78, 5) is 22.3. The zero-order chi connectivity index (χ0) is 12.9. The predicted molar refractivity (Wildman–Crippen MR) is 59.6 cm³/mol. The van der Waals surface area contributed by atoms with E-state index in [0.29, 0.717) is 6.42 Å². The smallest absolute Gasteiger partial charge is 0.308 e. The number of aliphatic carboxylic acids is 1. The number of carboxylic acids is 1. The number of rotatable bonds is 6. The molecule has 0 aliphatic rings. The molecule has 0 aromatic rings. The van der Waals surface area contributed by atoms with Crippen molar-refractivity contribution in [3.63, 3.8) is 0 Å². The van der Waals surface area contributed by atoms with Crippen LogP contribution in [0.15, 0.2) is 0 Å². The number of carbonyl (C=O) groups excluding carboxylic acids is 1. The lowest BCUT2D eigenvalue weighted by Crippen LogP contribution is -2.38. The van der Waals surface area contributed by atoms with Crippen LogP contribution in [0.4, 0.5) is 0 Å². The van der Waals surface area contributed by atoms with Crippen LogP contribution < -0.4 is 5.73 Å². The highest BCUT2D eigenvalue weighted by Gasteiger charge is 2.25. The first-order chi connectivity index (χ1) is 7.11. The van der Waals surface area contributed by atoms with Crippen LogP contribution in [0, 0.1) is 11.8 Å². The molecule has 0 saturated carbocycles. The van der Waals surface area contributed by atoms with Gasteiger partial charge in [-0.1, -0.05) is 13.8 Å². The first kappa shape index (κ1) is 14.9. The summed E-state index contributed by atoms with van der Waals surface area (Å²) in [6, 6.07) is 0. The molecule has 0 bridgehead atoms. The highest BCUT2D eigenvalue weighted by molar-refractivity contribution is 5.78. The van der Waals surface area contributed by atoms with Crippen molar-refractivity contribution in [3.8, 4) is 0 Å². The zero-order valence-corrected chi connectivity index (χ0v) is 10.3. The van der Waals surface area contributed by atoms with E-state index in [2.05, 4.69) is 0 Å². The Morgan fingerprint density at radius 2 is 1.88 bits per heavy atom. The molecule has 0 aromatic carbocycles. The molecule has 0 radical (unpaired) electrons. The Bertz CT molecular complexity index is 255. The van der Waals surface area contributed by atoms with Gasteiger partial charge in [0.15, 0.2) is 5.72 Å². The van der Waals surface area contributed by atoms with Gasteiger partial charge in [-0.05, 0) is 26.2 Å². The fourth-order valence-corrected chi connectivity index (χ4v) is 1.38. The lowest BCUT2D eigenvalue weighted by atomic mass is 9.94. The highest BCUT2D eigenvalue weighted by atomic mass is 16.6. The van der Waals surface area contributed by atoms with Crippen molar-refractivity contribution in [1.29, 1.82) is 0 Å². The van der Waals surface area contributed by atoms with Crippen LogP contribution in [-0.4, -0.2) is 22.8 Å². The van der Waals surface area contributed by atoms with Crippen LogP contribution in [0.3, 0.4) is 0 Å². The van der Waals surface area contributed by atoms with Crippen molar-refractivity contribution in [2.24, 2.45) is 17.6 Å². The van der Waals surface area contributed by atoms with E-state index in [1.54, 1.807) is 13.8 Å². The molecular weight excluding hydrogens is 210 g/mol. The molecular formula is C11H21NO4. The second kappa shape index (κ2) is 5.84. The number of hydrogen-bond acceptors (Lipinski definition) is 4. The maximum absolute atomic E-state index is 11.4. The summed E-state index contributed by atoms with van der Waals surface area (Å²) in [7, 11) is 0. The molecule has 0 fully saturated rings. The molecule has 0 heterocycles. The Morgan fingerprint density at radius 3 is 2.19 bits per heavy atom. The normalized spacial score (nSPS) is 13.6. The second-order valence-electron chi connectivity index (χ2n) is 4.95. The van der Waals surface area contributed by atoms with Gasteiger partial charge in [0.2, 0.25) is 0 Å². The molecule has 1 atom stereocenters. The third-order valence-electron chi connectivity index (χ3n) is 1.90. The van der Waals surface area contributed by atoms with Crippen molar-refractivity contribution in [2.45, 2.75) is 46.3 Å². The van der Waals surface area contributed by atoms with Crippen LogP contribution in [0.5, 0.6) is 0 Å². The van der Waals surface area contributed by atoms with Gasteiger partial charge in [0.25, 0.3) is 0 Å². The summed E-state index contributed by atoms with van der Waals surface area (Å²) >= 11 is 0. The number of carboxylic acid groups (broad SMARTS) is 1. The van der Waals surface area contributed by atoms with Gasteiger partial charge in [0, 0.05) is 0 Å². The SMILES string of the molecule is CC(C)CC(CC(=O)OC(C)(C)N)C(=O)O. The van der Waals surface area contributed by atoms with Gasteiger partial charge in [0.1, 0.15) is 0 Å². The molecule has 0 rings (SSSR count). The van der Waals surface area contributed by atoms with E-state index in [1.165, 1.54) is 0 Å². The number of esters is 1. The lowest BCUT2D eigenvalue weighted by molar-refractivity contribution is -0.161. The van der Waals surface area contributed by atoms with E-state index < -0.39 is 23.6 Å². The number of nitrogens with two attached hydrogens (primary N) is 1. The Balaban J connectivity index is 4.30. The van der Waals surface area contributed by atoms with E-state index >= 15 is 0 Å². The number of hydrogen-bond donors (Lipinski definition) is 2. The molecule has 0 aromatic heterocycles. The van der Waals surface area contributed by atoms with Gasteiger partial charge in [0.05, 0.1) is 12.3 Å². The Labute approximate surface area is 96.0 Å². The van der Waals surface area contributed by atoms with Crippen LogP contribution >= 0.6 is 0 Å². The minimum atomic E-state index is -1.06. The lowest BCUT2D eigenvalue weighted by Gasteiger charge is -2.21. The summed E-state index contributed by atoms with van der Waals surface area (Å²) in [5.41, 5.74) is 4.44. The fraction of sp³-hybridized carbons (Fsp3) is 0.818. The number of ether oxygens (including phenoxy) is 1. The largest absolute Gasteiger partial charge is 0.481 e. The van der Waals surface area contributed by atoms with Gasteiger partial charge in [-0.3, -0.25) is 15.3 Å². The predicted octanol–water partition coefficient (Wildman–Crippen LogP) is 1.36. The van der Waals surface area contributed by atoms with E-state index in [1.807, 2.05) is 13.8 Å². The summed E-state index contributed by atoms with van der Waals surface area (Å²) in [6.07, 6.45) is 0.323. The topological polar surface area (TPSA) is 89.6 Å². The van der Waals surface area contributed by atoms with Gasteiger partial charge in [-0.15, -0.1) is 0 Å². The van der Waals surface area contributed by atoms with E-state index in [4.69, 9.17) is 15.6 Å². The molecule has 0 aliphatic carbocycles. The summed E-state index contributed by atoms with van der Waals surface area (Å²) in [6.45, 7) is 6.91. The second-order valence-corrected chi connectivity index (χ2v) is 4.95. The molecule has 0 amide bonds. The minimum absolute atomic E-state index is 0.131. The Hall–Kier alpha value is -1.10. The van der Waals surface area contributed by atoms with Crippen LogP contribution in [0.2, 0.25) is 0 Å². The molecule has 3 N–H and O–H groups in total. The molecule has 5 heteroatoms. The third kappa shape index (κ3) is 7.23. The van der Waals surface area contributed by atoms with Gasteiger partial charge >= 0.3 is 11.9 Å². The monoisotopic (exact) mass is 231 g/mol. The average molecular weight is 231 g/mol.